The molecule has 2 atom stereocenters. The molecule has 0 saturated heterocycles. The van der Waals surface area contributed by atoms with Crippen LogP contribution >= 0.6 is 0 Å². The van der Waals surface area contributed by atoms with E-state index < -0.39 is 5.92 Å². The number of hydrogen-bond donors (Lipinski definition) is 0. The van der Waals surface area contributed by atoms with Gasteiger partial charge in [-0.15, -0.1) is 5.10 Å². The molecule has 0 bridgehead atoms. The third-order valence-electron chi connectivity index (χ3n) is 8.88. The largest absolute Gasteiger partial charge is 0.486 e. The lowest BCUT2D eigenvalue weighted by atomic mass is 9.78. The second kappa shape index (κ2) is 12.4. The average Bonchev–Trinajstić information content (AvgIpc) is 3.34. The fourth-order valence-corrected chi connectivity index (χ4v) is 6.53. The third-order valence-corrected chi connectivity index (χ3v) is 8.88. The fourth-order valence-electron chi connectivity index (χ4n) is 6.53. The van der Waals surface area contributed by atoms with Crippen LogP contribution in [0.3, 0.4) is 0 Å². The molecule has 2 aromatic heterocycles. The number of carbonyl (C=O) groups excluding carboxylic acids is 1. The van der Waals surface area contributed by atoms with Crippen LogP contribution in [0, 0.1) is 19.8 Å². The van der Waals surface area contributed by atoms with E-state index in [1.807, 2.05) is 62.6 Å². The van der Waals surface area contributed by atoms with Crippen molar-refractivity contribution in [3.8, 4) is 5.75 Å². The van der Waals surface area contributed by atoms with E-state index in [0.717, 1.165) is 64.2 Å². The molecule has 1 aliphatic heterocycles. The summed E-state index contributed by atoms with van der Waals surface area (Å²) in [6, 6.07) is 22.5. The van der Waals surface area contributed by atoms with Gasteiger partial charge >= 0.3 is 5.97 Å². The summed E-state index contributed by atoms with van der Waals surface area (Å²) in [6.07, 6.45) is 3.68. The summed E-state index contributed by atoms with van der Waals surface area (Å²) in [4.78, 5) is 20.5. The highest BCUT2D eigenvalue weighted by atomic mass is 16.5. The van der Waals surface area contributed by atoms with Crippen molar-refractivity contribution in [3.63, 3.8) is 0 Å². The number of carbonyl (C=O) groups is 1. The Kier molecular flexibility index (Phi) is 8.42. The van der Waals surface area contributed by atoms with E-state index >= 15 is 0 Å². The first-order chi connectivity index (χ1) is 21.6. The van der Waals surface area contributed by atoms with Crippen molar-refractivity contribution in [2.45, 2.75) is 65.8 Å². The van der Waals surface area contributed by atoms with Crippen LogP contribution in [0.5, 0.6) is 5.75 Å². The average molecular weight is 604 g/mol. The number of rotatable bonds is 8. The summed E-state index contributed by atoms with van der Waals surface area (Å²) in [5.41, 5.74) is 9.03. The molecule has 0 aliphatic carbocycles. The molecule has 5 aromatic rings. The lowest BCUT2D eigenvalue weighted by Crippen LogP contribution is -2.40. The zero-order chi connectivity index (χ0) is 31.7. The number of pyridine rings is 1. The summed E-state index contributed by atoms with van der Waals surface area (Å²) in [5, 5.41) is 8.71. The topological polar surface area (TPSA) is 82.4 Å². The first kappa shape index (κ1) is 30.5. The molecule has 6 rings (SSSR count). The second-order valence-electron chi connectivity index (χ2n) is 12.9. The van der Waals surface area contributed by atoms with Gasteiger partial charge in [-0.05, 0) is 73.2 Å². The number of esters is 1. The van der Waals surface area contributed by atoms with Crippen LogP contribution in [0.15, 0.2) is 79.1 Å². The Morgan fingerprint density at radius 1 is 1.07 bits per heavy atom. The SMILES string of the molecule is Cc1ccc([C@@H](c2ccc3c(nnn3C)c2C)[C@@H](C)C(=O)OCc2ccccc2)cc1CN1Cc2cnccc2OC(C)(C)C1. The van der Waals surface area contributed by atoms with Gasteiger partial charge in [0.1, 0.15) is 23.5 Å². The molecule has 0 spiro atoms. The molecular weight excluding hydrogens is 562 g/mol. The van der Waals surface area contributed by atoms with Crippen molar-refractivity contribution in [2.24, 2.45) is 13.0 Å². The van der Waals surface area contributed by atoms with Gasteiger partial charge in [0.25, 0.3) is 0 Å². The maximum atomic E-state index is 13.7. The molecule has 0 saturated carbocycles. The van der Waals surface area contributed by atoms with Crippen molar-refractivity contribution in [1.29, 1.82) is 0 Å². The standard InChI is InChI=1S/C37H41N5O3/c1-24-12-13-28(18-29(24)20-42-21-30-19-38-17-16-33(30)45-37(4,5)23-42)34(26(3)36(43)44-22-27-10-8-7-9-11-27)31-14-15-32-35(25(31)2)39-40-41(32)6/h7-19,26,34H,20-23H2,1-6H3/t26-,34+/m1/s1. The van der Waals surface area contributed by atoms with Gasteiger partial charge in [0.2, 0.25) is 0 Å². The van der Waals surface area contributed by atoms with Crippen molar-refractivity contribution in [2.75, 3.05) is 6.54 Å². The van der Waals surface area contributed by atoms with Crippen molar-refractivity contribution in [1.82, 2.24) is 24.9 Å². The molecule has 0 radical (unpaired) electrons. The number of ether oxygens (including phenoxy) is 2. The molecule has 0 unspecified atom stereocenters. The summed E-state index contributed by atoms with van der Waals surface area (Å²) in [6.45, 7) is 12.9. The highest BCUT2D eigenvalue weighted by Crippen LogP contribution is 2.38. The summed E-state index contributed by atoms with van der Waals surface area (Å²) in [5.74, 6) is -0.0330. The highest BCUT2D eigenvalue weighted by Gasteiger charge is 2.32. The molecule has 1 aliphatic rings. The zero-order valence-corrected chi connectivity index (χ0v) is 26.9. The van der Waals surface area contributed by atoms with Gasteiger partial charge in [-0.2, -0.15) is 0 Å². The quantitative estimate of drug-likeness (QED) is 0.183. The van der Waals surface area contributed by atoms with Crippen LogP contribution < -0.4 is 4.74 Å². The Bertz CT molecular complexity index is 1830. The first-order valence-electron chi connectivity index (χ1n) is 15.5. The van der Waals surface area contributed by atoms with Crippen LogP contribution in [0.2, 0.25) is 0 Å². The maximum absolute atomic E-state index is 13.7. The molecule has 232 valence electrons. The van der Waals surface area contributed by atoms with Crippen LogP contribution in [-0.4, -0.2) is 43.0 Å². The molecule has 8 nitrogen and oxygen atoms in total. The predicted octanol–water partition coefficient (Wildman–Crippen LogP) is 6.66. The molecule has 0 N–H and O–H groups in total. The van der Waals surface area contributed by atoms with E-state index in [1.165, 1.54) is 11.1 Å². The summed E-state index contributed by atoms with van der Waals surface area (Å²) >= 11 is 0. The molecular formula is C37H41N5O3. The van der Waals surface area contributed by atoms with E-state index in [0.29, 0.717) is 0 Å². The normalized spacial score (nSPS) is 16.0. The van der Waals surface area contributed by atoms with E-state index in [1.54, 1.807) is 10.9 Å². The monoisotopic (exact) mass is 603 g/mol. The van der Waals surface area contributed by atoms with Crippen LogP contribution in [-0.2, 0) is 36.3 Å². The lowest BCUT2D eigenvalue weighted by molar-refractivity contribution is -0.149. The molecule has 45 heavy (non-hydrogen) atoms. The predicted molar refractivity (Wildman–Crippen MR) is 175 cm³/mol. The summed E-state index contributed by atoms with van der Waals surface area (Å²) in [7, 11) is 1.89. The lowest BCUT2D eigenvalue weighted by Gasteiger charge is -2.30. The molecule has 8 heteroatoms. The van der Waals surface area contributed by atoms with E-state index in [4.69, 9.17) is 9.47 Å². The molecule has 3 heterocycles. The van der Waals surface area contributed by atoms with Gasteiger partial charge in [0, 0.05) is 50.6 Å². The smallest absolute Gasteiger partial charge is 0.309 e. The fraction of sp³-hybridized carbons (Fsp3) is 0.351. The van der Waals surface area contributed by atoms with Crippen molar-refractivity contribution >= 4 is 17.0 Å². The number of aryl methyl sites for hydroxylation is 3. The Balaban J connectivity index is 1.36. The number of fused-ring (bicyclic) bond motifs is 2. The Morgan fingerprint density at radius 3 is 2.67 bits per heavy atom. The summed E-state index contributed by atoms with van der Waals surface area (Å²) < 4.78 is 14.1. The Hall–Kier alpha value is -4.56. The molecule has 3 aromatic carbocycles. The van der Waals surface area contributed by atoms with E-state index in [2.05, 4.69) is 72.2 Å². The Labute approximate surface area is 265 Å². The number of aromatic nitrogens is 4. The van der Waals surface area contributed by atoms with Crippen LogP contribution in [0.25, 0.3) is 11.0 Å². The number of benzene rings is 3. The highest BCUT2D eigenvalue weighted by molar-refractivity contribution is 5.81. The van der Waals surface area contributed by atoms with E-state index in [-0.39, 0.29) is 24.1 Å². The van der Waals surface area contributed by atoms with Gasteiger partial charge in [0.15, 0.2) is 0 Å². The number of nitrogens with zero attached hydrogens (tertiary/aromatic N) is 5. The van der Waals surface area contributed by atoms with Gasteiger partial charge < -0.3 is 9.47 Å². The zero-order valence-electron chi connectivity index (χ0n) is 26.9. The van der Waals surface area contributed by atoms with Crippen LogP contribution in [0.1, 0.15) is 65.6 Å². The minimum absolute atomic E-state index is 0.236. The third kappa shape index (κ3) is 6.47. The van der Waals surface area contributed by atoms with Crippen molar-refractivity contribution < 1.29 is 14.3 Å². The first-order valence-corrected chi connectivity index (χ1v) is 15.5. The molecule has 0 fully saturated rings. The Morgan fingerprint density at radius 2 is 1.87 bits per heavy atom. The van der Waals surface area contributed by atoms with Gasteiger partial charge in [-0.1, -0.05) is 66.7 Å². The maximum Gasteiger partial charge on any atom is 0.309 e. The number of hydrogen-bond acceptors (Lipinski definition) is 7. The van der Waals surface area contributed by atoms with Crippen molar-refractivity contribution in [3.05, 3.63) is 118 Å². The minimum atomic E-state index is -0.444. The van der Waals surface area contributed by atoms with Gasteiger partial charge in [-0.3, -0.25) is 14.7 Å². The van der Waals surface area contributed by atoms with Crippen LogP contribution in [0.4, 0.5) is 0 Å². The minimum Gasteiger partial charge on any atom is -0.486 e. The van der Waals surface area contributed by atoms with E-state index in [9.17, 15) is 4.79 Å². The van der Waals surface area contributed by atoms with Gasteiger partial charge in [0.05, 0.1) is 11.4 Å². The molecule has 0 amide bonds. The van der Waals surface area contributed by atoms with Gasteiger partial charge in [-0.25, -0.2) is 4.68 Å². The second-order valence-corrected chi connectivity index (χ2v) is 12.9.